The Morgan fingerprint density at radius 3 is 2.65 bits per heavy atom. The van der Waals surface area contributed by atoms with Crippen LogP contribution in [0.25, 0.3) is 0 Å². The van der Waals surface area contributed by atoms with Crippen molar-refractivity contribution in [3.63, 3.8) is 0 Å². The zero-order chi connectivity index (χ0) is 14.9. The lowest BCUT2D eigenvalue weighted by atomic mass is 10.0. The zero-order valence-corrected chi connectivity index (χ0v) is 11.9. The molecule has 0 unspecified atom stereocenters. The van der Waals surface area contributed by atoms with Gasteiger partial charge in [0, 0.05) is 37.8 Å². The summed E-state index contributed by atoms with van der Waals surface area (Å²) in [5.74, 6) is 0.314. The third kappa shape index (κ3) is 3.49. The van der Waals surface area contributed by atoms with Crippen LogP contribution in [0.5, 0.6) is 0 Å². The molecule has 0 aliphatic carbocycles. The van der Waals surface area contributed by atoms with E-state index in [4.69, 9.17) is 4.74 Å². The average molecular weight is 281 g/mol. The van der Waals surface area contributed by atoms with Crippen molar-refractivity contribution in [3.8, 4) is 0 Å². The van der Waals surface area contributed by atoms with Gasteiger partial charge in [-0.3, -0.25) is 10.1 Å². The Morgan fingerprint density at radius 1 is 1.50 bits per heavy atom. The largest absolute Gasteiger partial charge is 0.444 e. The molecular formula is C13H19N3O4. The molecule has 110 valence electrons. The fraction of sp³-hybridized carbons (Fsp3) is 0.615. The summed E-state index contributed by atoms with van der Waals surface area (Å²) in [6.07, 6.45) is 2.90. The van der Waals surface area contributed by atoms with Crippen LogP contribution in [0, 0.1) is 16.0 Å². The fourth-order valence-corrected chi connectivity index (χ4v) is 2.11. The molecule has 1 aromatic heterocycles. The molecule has 0 saturated carbocycles. The summed E-state index contributed by atoms with van der Waals surface area (Å²) < 4.78 is 7.05. The van der Waals surface area contributed by atoms with Gasteiger partial charge >= 0.3 is 6.09 Å². The number of amides is 1. The predicted octanol–water partition coefficient (Wildman–Crippen LogP) is 2.26. The Balaban J connectivity index is 1.79. The molecule has 1 amide bonds. The van der Waals surface area contributed by atoms with Crippen LogP contribution in [0.4, 0.5) is 10.5 Å². The molecule has 1 aromatic rings. The van der Waals surface area contributed by atoms with Gasteiger partial charge in [-0.25, -0.2) is 4.79 Å². The maximum atomic E-state index is 11.7. The number of hydrogen-bond donors (Lipinski definition) is 0. The van der Waals surface area contributed by atoms with Crippen molar-refractivity contribution in [2.75, 3.05) is 13.1 Å². The minimum absolute atomic E-state index is 0.0910. The van der Waals surface area contributed by atoms with Crippen LogP contribution in [0.3, 0.4) is 0 Å². The van der Waals surface area contributed by atoms with Crippen LogP contribution in [-0.4, -0.2) is 39.2 Å². The van der Waals surface area contributed by atoms with Crippen molar-refractivity contribution in [2.45, 2.75) is 32.9 Å². The molecular weight excluding hydrogens is 262 g/mol. The van der Waals surface area contributed by atoms with E-state index in [-0.39, 0.29) is 11.8 Å². The lowest BCUT2D eigenvalue weighted by Crippen LogP contribution is -2.52. The van der Waals surface area contributed by atoms with Gasteiger partial charge in [-0.2, -0.15) is 0 Å². The highest BCUT2D eigenvalue weighted by molar-refractivity contribution is 5.69. The number of rotatable bonds is 3. The summed E-state index contributed by atoms with van der Waals surface area (Å²) in [7, 11) is 0. The van der Waals surface area contributed by atoms with Crippen molar-refractivity contribution in [3.05, 3.63) is 28.6 Å². The minimum Gasteiger partial charge on any atom is -0.444 e. The van der Waals surface area contributed by atoms with Crippen LogP contribution >= 0.6 is 0 Å². The van der Waals surface area contributed by atoms with E-state index in [0.717, 1.165) is 0 Å². The number of likely N-dealkylation sites (tertiary alicyclic amines) is 1. The first-order valence-electron chi connectivity index (χ1n) is 6.53. The Labute approximate surface area is 117 Å². The van der Waals surface area contributed by atoms with Gasteiger partial charge in [0.25, 0.3) is 5.69 Å². The first-order valence-corrected chi connectivity index (χ1v) is 6.53. The maximum absolute atomic E-state index is 11.7. The van der Waals surface area contributed by atoms with E-state index in [9.17, 15) is 14.9 Å². The first kappa shape index (κ1) is 14.4. The molecule has 0 aromatic carbocycles. The predicted molar refractivity (Wildman–Crippen MR) is 72.4 cm³/mol. The number of nitrogens with zero attached hydrogens (tertiary/aromatic N) is 3. The molecule has 0 atom stereocenters. The molecule has 2 heterocycles. The van der Waals surface area contributed by atoms with Crippen molar-refractivity contribution < 1.29 is 14.5 Å². The SMILES string of the molecule is CC(C)(C)OC(=O)N1CC(Cn2ccc([N+](=O)[O-])c2)C1. The number of aromatic nitrogens is 1. The van der Waals surface area contributed by atoms with Crippen molar-refractivity contribution in [1.29, 1.82) is 0 Å². The van der Waals surface area contributed by atoms with Gasteiger partial charge in [0.1, 0.15) is 5.60 Å². The van der Waals surface area contributed by atoms with Crippen molar-refractivity contribution >= 4 is 11.8 Å². The molecule has 0 spiro atoms. The van der Waals surface area contributed by atoms with Gasteiger partial charge in [-0.05, 0) is 20.8 Å². The quantitative estimate of drug-likeness (QED) is 0.629. The summed E-state index contributed by atoms with van der Waals surface area (Å²) in [6.45, 7) is 7.43. The summed E-state index contributed by atoms with van der Waals surface area (Å²) in [5.41, 5.74) is -0.392. The van der Waals surface area contributed by atoms with E-state index >= 15 is 0 Å². The van der Waals surface area contributed by atoms with E-state index in [0.29, 0.717) is 25.6 Å². The maximum Gasteiger partial charge on any atom is 0.410 e. The number of ether oxygens (including phenoxy) is 1. The standard InChI is InChI=1S/C13H19N3O4/c1-13(2,3)20-12(17)15-7-10(8-15)6-14-5-4-11(9-14)16(18)19/h4-5,9-10H,6-8H2,1-3H3. The Kier molecular flexibility index (Phi) is 3.69. The number of nitro groups is 1. The van der Waals surface area contributed by atoms with Crippen LogP contribution < -0.4 is 0 Å². The zero-order valence-electron chi connectivity index (χ0n) is 11.9. The second kappa shape index (κ2) is 5.15. The molecule has 1 saturated heterocycles. The van der Waals surface area contributed by atoms with Gasteiger partial charge in [0.05, 0.1) is 11.1 Å². The highest BCUT2D eigenvalue weighted by Crippen LogP contribution is 2.22. The van der Waals surface area contributed by atoms with Gasteiger partial charge in [0.15, 0.2) is 0 Å². The summed E-state index contributed by atoms with van der Waals surface area (Å²) >= 11 is 0. The summed E-state index contributed by atoms with van der Waals surface area (Å²) in [4.78, 5) is 23.6. The molecule has 7 heteroatoms. The molecule has 2 rings (SSSR count). The Bertz CT molecular complexity index is 512. The highest BCUT2D eigenvalue weighted by Gasteiger charge is 2.33. The lowest BCUT2D eigenvalue weighted by Gasteiger charge is -2.39. The Hall–Kier alpha value is -2.05. The van der Waals surface area contributed by atoms with Crippen LogP contribution in [0.1, 0.15) is 20.8 Å². The van der Waals surface area contributed by atoms with Crippen LogP contribution in [0.15, 0.2) is 18.5 Å². The molecule has 0 bridgehead atoms. The smallest absolute Gasteiger partial charge is 0.410 e. The summed E-state index contributed by atoms with van der Waals surface area (Å²) in [5, 5.41) is 10.6. The Morgan fingerprint density at radius 2 is 2.15 bits per heavy atom. The summed E-state index contributed by atoms with van der Waals surface area (Å²) in [6, 6.07) is 1.48. The van der Waals surface area contributed by atoms with Gasteiger partial charge in [0.2, 0.25) is 0 Å². The molecule has 1 fully saturated rings. The van der Waals surface area contributed by atoms with Gasteiger partial charge in [-0.15, -0.1) is 0 Å². The molecule has 1 aliphatic heterocycles. The normalized spacial score (nSPS) is 15.8. The van der Waals surface area contributed by atoms with E-state index in [1.165, 1.54) is 12.3 Å². The third-order valence-electron chi connectivity index (χ3n) is 3.02. The van der Waals surface area contributed by atoms with E-state index in [1.807, 2.05) is 20.8 Å². The third-order valence-corrected chi connectivity index (χ3v) is 3.02. The molecule has 0 radical (unpaired) electrons. The monoisotopic (exact) mass is 281 g/mol. The number of carbonyl (C=O) groups is 1. The first-order chi connectivity index (χ1) is 9.24. The van der Waals surface area contributed by atoms with Crippen LogP contribution in [-0.2, 0) is 11.3 Å². The molecule has 7 nitrogen and oxygen atoms in total. The minimum atomic E-state index is -0.483. The second-order valence-electron chi connectivity index (χ2n) is 6.07. The molecule has 1 aliphatic rings. The molecule has 20 heavy (non-hydrogen) atoms. The lowest BCUT2D eigenvalue weighted by molar-refractivity contribution is -0.384. The average Bonchev–Trinajstić information content (AvgIpc) is 2.68. The van der Waals surface area contributed by atoms with E-state index in [1.54, 1.807) is 15.7 Å². The second-order valence-corrected chi connectivity index (χ2v) is 6.07. The van der Waals surface area contributed by atoms with E-state index < -0.39 is 10.5 Å². The van der Waals surface area contributed by atoms with Crippen molar-refractivity contribution in [2.24, 2.45) is 5.92 Å². The fourth-order valence-electron chi connectivity index (χ4n) is 2.11. The van der Waals surface area contributed by atoms with Crippen molar-refractivity contribution in [1.82, 2.24) is 9.47 Å². The highest BCUT2D eigenvalue weighted by atomic mass is 16.6. The topological polar surface area (TPSA) is 77.6 Å². The number of carbonyl (C=O) groups excluding carboxylic acids is 1. The van der Waals surface area contributed by atoms with Gasteiger partial charge in [-0.1, -0.05) is 0 Å². The van der Waals surface area contributed by atoms with E-state index in [2.05, 4.69) is 0 Å². The molecule has 0 N–H and O–H groups in total. The number of hydrogen-bond acceptors (Lipinski definition) is 4. The van der Waals surface area contributed by atoms with Crippen LogP contribution in [0.2, 0.25) is 0 Å². The van der Waals surface area contributed by atoms with Gasteiger partial charge < -0.3 is 14.2 Å².